The van der Waals surface area contributed by atoms with Crippen LogP contribution >= 0.6 is 0 Å². The van der Waals surface area contributed by atoms with Crippen LogP contribution in [0, 0.1) is 0 Å². The fraction of sp³-hybridized carbons (Fsp3) is 0.438. The van der Waals surface area contributed by atoms with Crippen LogP contribution in [0.15, 0.2) is 24.3 Å². The third-order valence-electron chi connectivity index (χ3n) is 3.03. The number of carbonyl (C=O) groups excluding carboxylic acids is 1. The molecule has 0 spiro atoms. The summed E-state index contributed by atoms with van der Waals surface area (Å²) in [4.78, 5) is 22.9. The van der Waals surface area contributed by atoms with E-state index in [4.69, 9.17) is 9.84 Å². The van der Waals surface area contributed by atoms with Gasteiger partial charge in [-0.2, -0.15) is 9.78 Å². The molecule has 0 aliphatic carbocycles. The third kappa shape index (κ3) is 3.84. The summed E-state index contributed by atoms with van der Waals surface area (Å²) in [6.07, 6.45) is 0.522. The predicted molar refractivity (Wildman–Crippen MR) is 81.9 cm³/mol. The minimum absolute atomic E-state index is 0.0770. The van der Waals surface area contributed by atoms with Gasteiger partial charge in [0.1, 0.15) is 5.60 Å². The summed E-state index contributed by atoms with van der Waals surface area (Å²) < 4.78 is 6.60. The molecular weight excluding hydrogens is 284 g/mol. The molecule has 1 aromatic heterocycles. The van der Waals surface area contributed by atoms with Crippen molar-refractivity contribution in [2.75, 3.05) is 0 Å². The van der Waals surface area contributed by atoms with Gasteiger partial charge in [-0.1, -0.05) is 18.2 Å². The normalized spacial score (nSPS) is 11.6. The fourth-order valence-electron chi connectivity index (χ4n) is 2.17. The summed E-state index contributed by atoms with van der Waals surface area (Å²) in [5, 5.41) is 13.9. The van der Waals surface area contributed by atoms with Gasteiger partial charge in [0.15, 0.2) is 0 Å². The maximum absolute atomic E-state index is 12.3. The molecule has 2 rings (SSSR count). The van der Waals surface area contributed by atoms with E-state index in [1.807, 2.05) is 18.2 Å². The van der Waals surface area contributed by atoms with Crippen molar-refractivity contribution < 1.29 is 19.4 Å². The highest BCUT2D eigenvalue weighted by Crippen LogP contribution is 2.21. The van der Waals surface area contributed by atoms with E-state index in [2.05, 4.69) is 5.10 Å². The van der Waals surface area contributed by atoms with Crippen LogP contribution in [-0.4, -0.2) is 32.6 Å². The Kier molecular flexibility index (Phi) is 4.49. The average molecular weight is 304 g/mol. The smallest absolute Gasteiger partial charge is 0.435 e. The number of hydrogen-bond donors (Lipinski definition) is 1. The van der Waals surface area contributed by atoms with Crippen molar-refractivity contribution in [1.29, 1.82) is 0 Å². The summed E-state index contributed by atoms with van der Waals surface area (Å²) in [5.74, 6) is -0.837. The van der Waals surface area contributed by atoms with Crippen molar-refractivity contribution in [3.8, 4) is 0 Å². The first kappa shape index (κ1) is 16.0. The van der Waals surface area contributed by atoms with Crippen molar-refractivity contribution in [1.82, 2.24) is 9.78 Å². The van der Waals surface area contributed by atoms with Gasteiger partial charge in [-0.15, -0.1) is 0 Å². The lowest BCUT2D eigenvalue weighted by atomic mass is 10.1. The Morgan fingerprint density at radius 1 is 1.27 bits per heavy atom. The van der Waals surface area contributed by atoms with E-state index < -0.39 is 17.7 Å². The number of aromatic nitrogens is 2. The Morgan fingerprint density at radius 2 is 1.95 bits per heavy atom. The van der Waals surface area contributed by atoms with Gasteiger partial charge >= 0.3 is 12.1 Å². The minimum atomic E-state index is -0.837. The molecule has 0 saturated carbocycles. The number of rotatable bonds is 4. The zero-order valence-corrected chi connectivity index (χ0v) is 13.0. The minimum Gasteiger partial charge on any atom is -0.481 e. The quantitative estimate of drug-likeness (QED) is 0.937. The summed E-state index contributed by atoms with van der Waals surface area (Å²) in [7, 11) is 0. The molecule has 1 aromatic carbocycles. The van der Waals surface area contributed by atoms with Crippen LogP contribution in [0.25, 0.3) is 10.9 Å². The van der Waals surface area contributed by atoms with Gasteiger partial charge in [-0.25, -0.2) is 4.79 Å². The van der Waals surface area contributed by atoms with Gasteiger partial charge < -0.3 is 9.84 Å². The molecule has 0 amide bonds. The molecule has 1 N–H and O–H groups in total. The van der Waals surface area contributed by atoms with Crippen LogP contribution in [0.4, 0.5) is 4.79 Å². The topological polar surface area (TPSA) is 81.4 Å². The van der Waals surface area contributed by atoms with E-state index >= 15 is 0 Å². The molecule has 6 nitrogen and oxygen atoms in total. The number of aryl methyl sites for hydroxylation is 1. The molecule has 0 bridgehead atoms. The van der Waals surface area contributed by atoms with E-state index in [1.165, 1.54) is 4.68 Å². The van der Waals surface area contributed by atoms with Gasteiger partial charge in [0.25, 0.3) is 0 Å². The van der Waals surface area contributed by atoms with Crippen molar-refractivity contribution in [3.05, 3.63) is 30.0 Å². The first-order valence-corrected chi connectivity index (χ1v) is 7.20. The highest BCUT2D eigenvalue weighted by Gasteiger charge is 2.21. The van der Waals surface area contributed by atoms with Crippen LogP contribution in [0.5, 0.6) is 0 Å². The molecule has 0 fully saturated rings. The summed E-state index contributed by atoms with van der Waals surface area (Å²) in [6.45, 7) is 5.39. The zero-order chi connectivity index (χ0) is 16.3. The molecule has 118 valence electrons. The van der Waals surface area contributed by atoms with Crippen LogP contribution in [0.3, 0.4) is 0 Å². The second kappa shape index (κ2) is 6.17. The molecule has 0 unspecified atom stereocenters. The highest BCUT2D eigenvalue weighted by atomic mass is 16.6. The summed E-state index contributed by atoms with van der Waals surface area (Å²) >= 11 is 0. The SMILES string of the molecule is CC(C)(C)OC(=O)n1nc(CCCC(=O)O)c2ccccc21. The zero-order valence-electron chi connectivity index (χ0n) is 13.0. The second-order valence-electron chi connectivity index (χ2n) is 6.10. The molecule has 1 heterocycles. The summed E-state index contributed by atoms with van der Waals surface area (Å²) in [5.41, 5.74) is 0.776. The molecule has 6 heteroatoms. The van der Waals surface area contributed by atoms with Crippen molar-refractivity contribution in [3.63, 3.8) is 0 Å². The van der Waals surface area contributed by atoms with Gasteiger partial charge in [0.2, 0.25) is 0 Å². The van der Waals surface area contributed by atoms with Crippen molar-refractivity contribution in [2.45, 2.75) is 45.6 Å². The van der Waals surface area contributed by atoms with E-state index in [-0.39, 0.29) is 6.42 Å². The number of benzene rings is 1. The van der Waals surface area contributed by atoms with Crippen LogP contribution in [0.1, 0.15) is 39.3 Å². The first-order chi connectivity index (χ1) is 10.3. The number of hydrogen-bond acceptors (Lipinski definition) is 4. The Bertz CT molecular complexity index is 698. The van der Waals surface area contributed by atoms with E-state index in [9.17, 15) is 9.59 Å². The number of aliphatic carboxylic acids is 1. The molecule has 0 radical (unpaired) electrons. The van der Waals surface area contributed by atoms with Crippen molar-refractivity contribution in [2.24, 2.45) is 0 Å². The van der Waals surface area contributed by atoms with Gasteiger partial charge in [-0.3, -0.25) is 4.79 Å². The Morgan fingerprint density at radius 3 is 2.59 bits per heavy atom. The maximum atomic E-state index is 12.3. The van der Waals surface area contributed by atoms with Crippen molar-refractivity contribution >= 4 is 23.0 Å². The predicted octanol–water partition coefficient (Wildman–Crippen LogP) is 3.23. The molecule has 0 atom stereocenters. The van der Waals surface area contributed by atoms with Gasteiger partial charge in [0, 0.05) is 11.8 Å². The van der Waals surface area contributed by atoms with Gasteiger partial charge in [-0.05, 0) is 39.7 Å². The molecule has 22 heavy (non-hydrogen) atoms. The monoisotopic (exact) mass is 304 g/mol. The third-order valence-corrected chi connectivity index (χ3v) is 3.03. The second-order valence-corrected chi connectivity index (χ2v) is 6.10. The van der Waals surface area contributed by atoms with E-state index in [1.54, 1.807) is 26.8 Å². The highest BCUT2D eigenvalue weighted by molar-refractivity contribution is 5.89. The molecule has 0 saturated heterocycles. The molecule has 0 aliphatic rings. The Balaban J connectivity index is 2.31. The number of nitrogens with zero attached hydrogens (tertiary/aromatic N) is 2. The van der Waals surface area contributed by atoms with Crippen LogP contribution < -0.4 is 0 Å². The lowest BCUT2D eigenvalue weighted by molar-refractivity contribution is -0.137. The van der Waals surface area contributed by atoms with E-state index in [0.29, 0.717) is 24.1 Å². The first-order valence-electron chi connectivity index (χ1n) is 7.20. The van der Waals surface area contributed by atoms with E-state index in [0.717, 1.165) is 5.39 Å². The Hall–Kier alpha value is -2.37. The number of carboxylic acid groups (broad SMARTS) is 1. The van der Waals surface area contributed by atoms with Crippen LogP contribution in [-0.2, 0) is 16.0 Å². The Labute approximate surface area is 128 Å². The molecular formula is C16H20N2O4. The summed E-state index contributed by atoms with van der Waals surface area (Å²) in [6, 6.07) is 7.36. The molecule has 0 aliphatic heterocycles. The maximum Gasteiger partial charge on any atom is 0.435 e. The number of ether oxygens (including phenoxy) is 1. The lowest BCUT2D eigenvalue weighted by Crippen LogP contribution is -2.27. The number of fused-ring (bicyclic) bond motifs is 1. The van der Waals surface area contributed by atoms with Crippen LogP contribution in [0.2, 0.25) is 0 Å². The lowest BCUT2D eigenvalue weighted by Gasteiger charge is -2.19. The van der Waals surface area contributed by atoms with Gasteiger partial charge in [0.05, 0.1) is 11.2 Å². The largest absolute Gasteiger partial charge is 0.481 e. The average Bonchev–Trinajstić information content (AvgIpc) is 2.76. The standard InChI is InChI=1S/C16H20N2O4/c1-16(2,3)22-15(21)18-13-9-5-4-7-11(13)12(17-18)8-6-10-14(19)20/h4-5,7,9H,6,8,10H2,1-3H3,(H,19,20). The number of para-hydroxylation sites is 1. The molecule has 2 aromatic rings. The number of carboxylic acids is 1. The fourth-order valence-corrected chi connectivity index (χ4v) is 2.17. The number of carbonyl (C=O) groups is 2.